The van der Waals surface area contributed by atoms with Gasteiger partial charge in [-0.1, -0.05) is 0 Å². The Kier molecular flexibility index (Phi) is 4.33. The molecule has 0 saturated carbocycles. The average molecular weight is 329 g/mol. The van der Waals surface area contributed by atoms with Crippen LogP contribution in [0, 0.1) is 5.82 Å². The lowest BCUT2D eigenvalue weighted by Crippen LogP contribution is -2.12. The SMILES string of the molecule is CC(N)=NC(=NC(C)C)c1cn2c(n1)-c1cc(F)ccc1OCC2. The summed E-state index contributed by atoms with van der Waals surface area (Å²) in [5.74, 6) is 1.81. The van der Waals surface area contributed by atoms with E-state index in [0.29, 0.717) is 47.7 Å². The van der Waals surface area contributed by atoms with E-state index in [1.54, 1.807) is 13.0 Å². The van der Waals surface area contributed by atoms with Crippen LogP contribution in [0.4, 0.5) is 4.39 Å². The predicted molar refractivity (Wildman–Crippen MR) is 92.1 cm³/mol. The van der Waals surface area contributed by atoms with Gasteiger partial charge in [-0.05, 0) is 39.0 Å². The Balaban J connectivity index is 2.13. The standard InChI is InChI=1S/C17H20FN5O/c1-10(2)20-16(21-11(3)19)14-9-23-6-7-24-15-5-4-12(18)8-13(15)17(23)22-14/h4-5,8-10H,6-7H2,1-3H3,(H2,19,20,21). The summed E-state index contributed by atoms with van der Waals surface area (Å²) in [5, 5.41) is 0. The molecule has 1 aromatic heterocycles. The zero-order chi connectivity index (χ0) is 17.3. The van der Waals surface area contributed by atoms with Gasteiger partial charge in [-0.15, -0.1) is 0 Å². The van der Waals surface area contributed by atoms with Crippen LogP contribution in [-0.2, 0) is 6.54 Å². The number of aromatic nitrogens is 2. The molecule has 0 atom stereocenters. The number of ether oxygens (including phenoxy) is 1. The minimum absolute atomic E-state index is 0.0534. The number of amidine groups is 2. The lowest BCUT2D eigenvalue weighted by atomic mass is 10.2. The lowest BCUT2D eigenvalue weighted by molar-refractivity contribution is 0.306. The van der Waals surface area contributed by atoms with Gasteiger partial charge in [-0.3, -0.25) is 4.99 Å². The van der Waals surface area contributed by atoms with Crippen LogP contribution in [0.3, 0.4) is 0 Å². The first kappa shape index (κ1) is 16.2. The summed E-state index contributed by atoms with van der Waals surface area (Å²) in [6.07, 6.45) is 1.85. The molecule has 3 rings (SSSR count). The van der Waals surface area contributed by atoms with Gasteiger partial charge in [0.25, 0.3) is 0 Å². The van der Waals surface area contributed by atoms with Crippen molar-refractivity contribution in [2.75, 3.05) is 6.61 Å². The molecule has 1 aliphatic heterocycles. The number of hydrogen-bond donors (Lipinski definition) is 1. The topological polar surface area (TPSA) is 77.8 Å². The van der Waals surface area contributed by atoms with Crippen molar-refractivity contribution in [1.29, 1.82) is 0 Å². The summed E-state index contributed by atoms with van der Waals surface area (Å²) < 4.78 is 21.3. The predicted octanol–water partition coefficient (Wildman–Crippen LogP) is 2.61. The van der Waals surface area contributed by atoms with E-state index in [1.165, 1.54) is 12.1 Å². The van der Waals surface area contributed by atoms with Crippen LogP contribution < -0.4 is 10.5 Å². The third-order valence-electron chi connectivity index (χ3n) is 3.44. The third kappa shape index (κ3) is 3.29. The Bertz CT molecular complexity index is 818. The summed E-state index contributed by atoms with van der Waals surface area (Å²) >= 11 is 0. The van der Waals surface area contributed by atoms with E-state index in [2.05, 4.69) is 15.0 Å². The van der Waals surface area contributed by atoms with Crippen molar-refractivity contribution in [2.24, 2.45) is 15.7 Å². The number of rotatable bonds is 2. The summed E-state index contributed by atoms with van der Waals surface area (Å²) in [4.78, 5) is 13.4. The normalized spacial score (nSPS) is 14.9. The molecule has 0 radical (unpaired) electrons. The Hall–Kier alpha value is -2.70. The van der Waals surface area contributed by atoms with E-state index in [9.17, 15) is 4.39 Å². The van der Waals surface area contributed by atoms with Gasteiger partial charge in [0.05, 0.1) is 17.9 Å². The highest BCUT2D eigenvalue weighted by Crippen LogP contribution is 2.32. The van der Waals surface area contributed by atoms with Crippen LogP contribution in [0.2, 0.25) is 0 Å². The molecule has 7 heteroatoms. The van der Waals surface area contributed by atoms with Gasteiger partial charge in [0.2, 0.25) is 0 Å². The van der Waals surface area contributed by atoms with E-state index in [4.69, 9.17) is 10.5 Å². The van der Waals surface area contributed by atoms with Crippen LogP contribution in [0.15, 0.2) is 34.4 Å². The van der Waals surface area contributed by atoms with E-state index < -0.39 is 0 Å². The molecule has 1 aliphatic rings. The molecular formula is C17H20FN5O. The average Bonchev–Trinajstić information content (AvgIpc) is 2.84. The molecule has 0 saturated heterocycles. The van der Waals surface area contributed by atoms with Crippen LogP contribution in [-0.4, -0.2) is 33.9 Å². The second kappa shape index (κ2) is 6.43. The molecular weight excluding hydrogens is 309 g/mol. The number of halogens is 1. The van der Waals surface area contributed by atoms with E-state index in [-0.39, 0.29) is 11.9 Å². The fourth-order valence-electron chi connectivity index (χ4n) is 2.53. The molecule has 6 nitrogen and oxygen atoms in total. The number of hydrogen-bond acceptors (Lipinski definition) is 3. The second-order valence-electron chi connectivity index (χ2n) is 5.93. The van der Waals surface area contributed by atoms with Gasteiger partial charge < -0.3 is 15.0 Å². The first-order chi connectivity index (χ1) is 11.4. The third-order valence-corrected chi connectivity index (χ3v) is 3.44. The molecule has 2 heterocycles. The first-order valence-electron chi connectivity index (χ1n) is 7.83. The maximum absolute atomic E-state index is 13.7. The minimum Gasteiger partial charge on any atom is -0.491 e. The Morgan fingerprint density at radius 1 is 1.42 bits per heavy atom. The molecule has 0 aliphatic carbocycles. The monoisotopic (exact) mass is 329 g/mol. The molecule has 1 aromatic carbocycles. The largest absolute Gasteiger partial charge is 0.491 e. The number of fused-ring (bicyclic) bond motifs is 3. The Labute approximate surface area is 139 Å². The number of benzene rings is 1. The van der Waals surface area contributed by atoms with Crippen molar-refractivity contribution >= 4 is 11.7 Å². The first-order valence-corrected chi connectivity index (χ1v) is 7.83. The molecule has 0 unspecified atom stereocenters. The quantitative estimate of drug-likeness (QED) is 0.679. The summed E-state index contributed by atoms with van der Waals surface area (Å²) in [6, 6.07) is 4.49. The number of imidazole rings is 1. The summed E-state index contributed by atoms with van der Waals surface area (Å²) in [6.45, 7) is 6.72. The molecule has 126 valence electrons. The van der Waals surface area contributed by atoms with Crippen molar-refractivity contribution in [3.8, 4) is 17.1 Å². The van der Waals surface area contributed by atoms with Gasteiger partial charge >= 0.3 is 0 Å². The fourth-order valence-corrected chi connectivity index (χ4v) is 2.53. The Morgan fingerprint density at radius 3 is 2.92 bits per heavy atom. The van der Waals surface area contributed by atoms with Crippen molar-refractivity contribution in [3.63, 3.8) is 0 Å². The van der Waals surface area contributed by atoms with Crippen molar-refractivity contribution in [2.45, 2.75) is 33.4 Å². The Morgan fingerprint density at radius 2 is 2.21 bits per heavy atom. The maximum Gasteiger partial charge on any atom is 0.177 e. The van der Waals surface area contributed by atoms with Crippen LogP contribution in [0.1, 0.15) is 26.5 Å². The second-order valence-corrected chi connectivity index (χ2v) is 5.93. The van der Waals surface area contributed by atoms with Crippen molar-refractivity contribution < 1.29 is 9.13 Å². The zero-order valence-corrected chi connectivity index (χ0v) is 14.0. The highest BCUT2D eigenvalue weighted by atomic mass is 19.1. The molecule has 2 aromatic rings. The number of nitrogens with two attached hydrogens (primary N) is 1. The number of nitrogens with zero attached hydrogens (tertiary/aromatic N) is 4. The van der Waals surface area contributed by atoms with Crippen LogP contribution in [0.25, 0.3) is 11.4 Å². The van der Waals surface area contributed by atoms with Gasteiger partial charge in [0.15, 0.2) is 5.84 Å². The minimum atomic E-state index is -0.331. The smallest absolute Gasteiger partial charge is 0.177 e. The van der Waals surface area contributed by atoms with Crippen LogP contribution in [0.5, 0.6) is 5.75 Å². The van der Waals surface area contributed by atoms with Gasteiger partial charge in [-0.2, -0.15) is 0 Å². The highest BCUT2D eigenvalue weighted by molar-refractivity contribution is 6.04. The number of aliphatic imine (C=N–C) groups is 2. The van der Waals surface area contributed by atoms with Crippen LogP contribution >= 0.6 is 0 Å². The summed E-state index contributed by atoms with van der Waals surface area (Å²) in [5.41, 5.74) is 6.95. The molecule has 24 heavy (non-hydrogen) atoms. The molecule has 0 amide bonds. The van der Waals surface area contributed by atoms with Gasteiger partial charge in [-0.25, -0.2) is 14.4 Å². The fraction of sp³-hybridized carbons (Fsp3) is 0.353. The maximum atomic E-state index is 13.7. The molecule has 0 bridgehead atoms. The highest BCUT2D eigenvalue weighted by Gasteiger charge is 2.21. The molecule has 2 N–H and O–H groups in total. The lowest BCUT2D eigenvalue weighted by Gasteiger charge is -2.05. The van der Waals surface area contributed by atoms with E-state index in [1.807, 2.05) is 24.6 Å². The van der Waals surface area contributed by atoms with E-state index >= 15 is 0 Å². The van der Waals surface area contributed by atoms with Gasteiger partial charge in [0.1, 0.15) is 29.7 Å². The summed E-state index contributed by atoms with van der Waals surface area (Å²) in [7, 11) is 0. The van der Waals surface area contributed by atoms with E-state index in [0.717, 1.165) is 0 Å². The zero-order valence-electron chi connectivity index (χ0n) is 14.0. The molecule has 0 spiro atoms. The van der Waals surface area contributed by atoms with Crippen molar-refractivity contribution in [1.82, 2.24) is 9.55 Å². The van der Waals surface area contributed by atoms with Crippen molar-refractivity contribution in [3.05, 3.63) is 35.9 Å². The molecule has 0 fully saturated rings. The van der Waals surface area contributed by atoms with Gasteiger partial charge in [0, 0.05) is 12.2 Å².